The molecule has 0 aliphatic rings. The van der Waals surface area contributed by atoms with Gasteiger partial charge in [-0.05, 0) is 63.9 Å². The van der Waals surface area contributed by atoms with Crippen molar-refractivity contribution in [2.75, 3.05) is 0 Å². The third-order valence-electron chi connectivity index (χ3n) is 10.2. The predicted molar refractivity (Wildman–Crippen MR) is 226 cm³/mol. The van der Waals surface area contributed by atoms with Crippen LogP contribution in [0.1, 0.15) is 26.3 Å². The Balaban J connectivity index is 1.41. The second kappa shape index (κ2) is 13.7. The summed E-state index contributed by atoms with van der Waals surface area (Å²) in [5.74, 6) is 1.82. The number of rotatable bonds is 6. The van der Waals surface area contributed by atoms with E-state index in [1.165, 1.54) is 5.56 Å². The summed E-state index contributed by atoms with van der Waals surface area (Å²) in [5.41, 5.74) is 11.9. The van der Waals surface area contributed by atoms with Crippen molar-refractivity contribution in [2.45, 2.75) is 26.2 Å². The van der Waals surface area contributed by atoms with Crippen molar-refractivity contribution < 1.29 is 0 Å². The molecule has 0 N–H and O–H groups in total. The van der Waals surface area contributed by atoms with E-state index in [0.717, 1.165) is 66.4 Å². The Morgan fingerprint density at radius 2 is 0.873 bits per heavy atom. The lowest BCUT2D eigenvalue weighted by Crippen LogP contribution is -2.10. The fourth-order valence-electron chi connectivity index (χ4n) is 7.41. The van der Waals surface area contributed by atoms with Crippen LogP contribution >= 0.6 is 0 Å². The van der Waals surface area contributed by atoms with Crippen LogP contribution in [0.25, 0.3) is 88.8 Å². The SMILES string of the molecule is [C-]#[N+]c1ccc2c(c1)c1cc(C(C)(C)C)ccc1n2-c1c(-c2ccccc2)cc(-c2nc(-c3ccccc3)nc(-c3ccccc3)n2)cc1-c1ccccc1. The Labute approximate surface area is 321 Å². The molecule has 0 saturated carbocycles. The van der Waals surface area contributed by atoms with Gasteiger partial charge in [-0.15, -0.1) is 0 Å². The monoisotopic (exact) mass is 707 g/mol. The molecule has 0 unspecified atom stereocenters. The molecule has 0 aliphatic carbocycles. The average Bonchev–Trinajstić information content (AvgIpc) is 3.56. The van der Waals surface area contributed by atoms with Crippen LogP contribution in [0.3, 0.4) is 0 Å². The van der Waals surface area contributed by atoms with Crippen LogP contribution in [0, 0.1) is 6.57 Å². The highest BCUT2D eigenvalue weighted by molar-refractivity contribution is 6.12. The fourth-order valence-corrected chi connectivity index (χ4v) is 7.41. The van der Waals surface area contributed by atoms with Crippen LogP contribution < -0.4 is 0 Å². The minimum atomic E-state index is -0.0478. The van der Waals surface area contributed by atoms with Gasteiger partial charge >= 0.3 is 0 Å². The van der Waals surface area contributed by atoms with Gasteiger partial charge in [-0.2, -0.15) is 0 Å². The first-order chi connectivity index (χ1) is 26.9. The first kappa shape index (κ1) is 33.7. The Morgan fingerprint density at radius 3 is 1.33 bits per heavy atom. The third-order valence-corrected chi connectivity index (χ3v) is 10.2. The minimum Gasteiger partial charge on any atom is -0.308 e. The molecule has 2 aromatic heterocycles. The third kappa shape index (κ3) is 6.24. The fraction of sp³-hybridized carbons (Fsp3) is 0.0800. The lowest BCUT2D eigenvalue weighted by molar-refractivity contribution is 0.591. The van der Waals surface area contributed by atoms with Crippen LogP contribution in [-0.4, -0.2) is 19.5 Å². The smallest absolute Gasteiger partial charge is 0.188 e. The molecule has 7 aromatic carbocycles. The van der Waals surface area contributed by atoms with Crippen molar-refractivity contribution in [3.63, 3.8) is 0 Å². The molecule has 0 atom stereocenters. The summed E-state index contributed by atoms with van der Waals surface area (Å²) in [7, 11) is 0. The number of benzene rings is 7. The maximum atomic E-state index is 7.88. The molecule has 9 rings (SSSR count). The molecule has 0 radical (unpaired) electrons. The van der Waals surface area contributed by atoms with Crippen LogP contribution in [0.15, 0.2) is 170 Å². The Kier molecular flexibility index (Phi) is 8.37. The standard InChI is InChI=1S/C50H37N5/c1-50(2,3)38-25-27-44-42(31-38)43-32-39(51-4)26-28-45(43)55(44)46-40(33-17-9-5-10-18-33)29-37(30-41(46)34-19-11-6-12-20-34)49-53-47(35-21-13-7-14-22-35)52-48(54-49)36-23-15-8-16-24-36/h5-32H,1-3H3. The summed E-state index contributed by atoms with van der Waals surface area (Å²) in [6.45, 7) is 14.6. The molecule has 9 aromatic rings. The van der Waals surface area contributed by atoms with E-state index in [9.17, 15) is 0 Å². The van der Waals surface area contributed by atoms with Gasteiger partial charge in [0.1, 0.15) is 0 Å². The molecule has 5 heteroatoms. The summed E-state index contributed by atoms with van der Waals surface area (Å²) in [4.78, 5) is 19.1. The Bertz CT molecular complexity index is 2760. The van der Waals surface area contributed by atoms with Crippen LogP contribution in [0.2, 0.25) is 0 Å². The Hall–Kier alpha value is -7.16. The van der Waals surface area contributed by atoms with Gasteiger partial charge in [0.2, 0.25) is 0 Å². The zero-order valence-corrected chi connectivity index (χ0v) is 30.9. The molecular formula is C50H37N5. The van der Waals surface area contributed by atoms with Gasteiger partial charge in [0.15, 0.2) is 23.2 Å². The molecule has 262 valence electrons. The number of hydrogen-bond donors (Lipinski definition) is 0. The summed E-state index contributed by atoms with van der Waals surface area (Å²) in [6.07, 6.45) is 0. The van der Waals surface area contributed by atoms with Crippen molar-refractivity contribution in [3.05, 3.63) is 187 Å². The molecule has 0 aliphatic heterocycles. The van der Waals surface area contributed by atoms with Crippen molar-refractivity contribution in [1.29, 1.82) is 0 Å². The molecule has 0 fully saturated rings. The minimum absolute atomic E-state index is 0.0478. The van der Waals surface area contributed by atoms with Crippen molar-refractivity contribution >= 4 is 27.5 Å². The lowest BCUT2D eigenvalue weighted by atomic mass is 9.86. The highest BCUT2D eigenvalue weighted by atomic mass is 15.0. The van der Waals surface area contributed by atoms with Gasteiger partial charge in [-0.1, -0.05) is 154 Å². The van der Waals surface area contributed by atoms with E-state index in [1.54, 1.807) is 0 Å². The van der Waals surface area contributed by atoms with Gasteiger partial charge in [-0.3, -0.25) is 0 Å². The van der Waals surface area contributed by atoms with E-state index >= 15 is 0 Å². The molecule has 0 spiro atoms. The number of hydrogen-bond acceptors (Lipinski definition) is 3. The van der Waals surface area contributed by atoms with Gasteiger partial charge < -0.3 is 4.57 Å². The number of nitrogens with zero attached hydrogens (tertiary/aromatic N) is 5. The summed E-state index contributed by atoms with van der Waals surface area (Å²) < 4.78 is 2.39. The summed E-state index contributed by atoms with van der Waals surface area (Å²) in [6, 6.07) is 58.6. The van der Waals surface area contributed by atoms with E-state index in [0.29, 0.717) is 23.2 Å². The zero-order chi connectivity index (χ0) is 37.5. The second-order valence-corrected chi connectivity index (χ2v) is 14.8. The van der Waals surface area contributed by atoms with Crippen LogP contribution in [-0.2, 0) is 5.41 Å². The van der Waals surface area contributed by atoms with E-state index in [-0.39, 0.29) is 5.41 Å². The normalized spacial score (nSPS) is 11.5. The van der Waals surface area contributed by atoms with E-state index in [2.05, 4.69) is 127 Å². The molecule has 5 nitrogen and oxygen atoms in total. The first-order valence-corrected chi connectivity index (χ1v) is 18.5. The maximum absolute atomic E-state index is 7.88. The van der Waals surface area contributed by atoms with E-state index in [4.69, 9.17) is 21.5 Å². The molecule has 0 amide bonds. The quantitative estimate of drug-likeness (QED) is 0.162. The molecule has 55 heavy (non-hydrogen) atoms. The highest BCUT2D eigenvalue weighted by Gasteiger charge is 2.24. The van der Waals surface area contributed by atoms with Crippen molar-refractivity contribution in [3.8, 4) is 62.1 Å². The molecule has 0 saturated heterocycles. The van der Waals surface area contributed by atoms with Crippen LogP contribution in [0.4, 0.5) is 5.69 Å². The molecule has 0 bridgehead atoms. The summed E-state index contributed by atoms with van der Waals surface area (Å²) >= 11 is 0. The highest BCUT2D eigenvalue weighted by Crippen LogP contribution is 2.45. The van der Waals surface area contributed by atoms with Gasteiger partial charge in [0, 0.05) is 33.2 Å². The topological polar surface area (TPSA) is 48.0 Å². The van der Waals surface area contributed by atoms with Gasteiger partial charge in [0.25, 0.3) is 0 Å². The lowest BCUT2D eigenvalue weighted by Gasteiger charge is -2.22. The van der Waals surface area contributed by atoms with E-state index < -0.39 is 0 Å². The maximum Gasteiger partial charge on any atom is 0.188 e. The van der Waals surface area contributed by atoms with Crippen molar-refractivity contribution in [2.24, 2.45) is 0 Å². The average molecular weight is 708 g/mol. The number of fused-ring (bicyclic) bond motifs is 3. The zero-order valence-electron chi connectivity index (χ0n) is 30.9. The van der Waals surface area contributed by atoms with Gasteiger partial charge in [0.05, 0.1) is 23.3 Å². The number of aromatic nitrogens is 4. The first-order valence-electron chi connectivity index (χ1n) is 18.5. The second-order valence-electron chi connectivity index (χ2n) is 14.8. The van der Waals surface area contributed by atoms with Gasteiger partial charge in [-0.25, -0.2) is 19.8 Å². The molecule has 2 heterocycles. The largest absolute Gasteiger partial charge is 0.308 e. The Morgan fingerprint density at radius 1 is 0.455 bits per heavy atom. The van der Waals surface area contributed by atoms with E-state index in [1.807, 2.05) is 72.8 Å². The predicted octanol–water partition coefficient (Wildman–Crippen LogP) is 13.2. The summed E-state index contributed by atoms with van der Waals surface area (Å²) in [5, 5.41) is 2.17. The van der Waals surface area contributed by atoms with Crippen LogP contribution in [0.5, 0.6) is 0 Å². The molecular weight excluding hydrogens is 671 g/mol. The van der Waals surface area contributed by atoms with Crippen molar-refractivity contribution in [1.82, 2.24) is 19.5 Å².